The molecule has 0 atom stereocenters. The molecule has 0 saturated carbocycles. The summed E-state index contributed by atoms with van der Waals surface area (Å²) in [7, 11) is 1.68. The summed E-state index contributed by atoms with van der Waals surface area (Å²) in [6.07, 6.45) is 3.07. The average Bonchev–Trinajstić information content (AvgIpc) is 3.03. The monoisotopic (exact) mass is 364 g/mol. The molecular weight excluding hydrogens is 339 g/mol. The van der Waals surface area contributed by atoms with Gasteiger partial charge < -0.3 is 9.30 Å². The van der Waals surface area contributed by atoms with Crippen LogP contribution in [0.4, 0.5) is 4.39 Å². The Bertz CT molecular complexity index is 940. The van der Waals surface area contributed by atoms with Gasteiger partial charge in [0.15, 0.2) is 0 Å². The second-order valence-electron chi connectivity index (χ2n) is 7.90. The van der Waals surface area contributed by atoms with E-state index in [4.69, 9.17) is 9.72 Å². The molecule has 0 aliphatic carbocycles. The minimum atomic E-state index is -0.222. The van der Waals surface area contributed by atoms with Gasteiger partial charge >= 0.3 is 0 Å². The first kappa shape index (κ1) is 17.8. The molecule has 0 spiro atoms. The molecule has 0 N–H and O–H groups in total. The highest BCUT2D eigenvalue weighted by atomic mass is 19.1. The number of benzene rings is 2. The lowest BCUT2D eigenvalue weighted by molar-refractivity contribution is 0.348. The number of ether oxygens (including phenoxy) is 1. The third-order valence-corrected chi connectivity index (χ3v) is 5.51. The topological polar surface area (TPSA) is 27.1 Å². The maximum Gasteiger partial charge on any atom is 0.123 e. The summed E-state index contributed by atoms with van der Waals surface area (Å²) in [5, 5.41) is 0. The zero-order chi connectivity index (χ0) is 19.0. The first-order valence-electron chi connectivity index (χ1n) is 9.47. The van der Waals surface area contributed by atoms with E-state index in [1.165, 1.54) is 23.4 Å². The predicted octanol–water partition coefficient (Wildman–Crippen LogP) is 5.36. The molecule has 140 valence electrons. The fraction of sp³-hybridized carbons (Fsp3) is 0.348. The molecule has 0 unspecified atom stereocenters. The Morgan fingerprint density at radius 1 is 1.07 bits per heavy atom. The summed E-state index contributed by atoms with van der Waals surface area (Å²) in [6.45, 7) is 5.51. The van der Waals surface area contributed by atoms with Crippen LogP contribution in [0.15, 0.2) is 48.5 Å². The van der Waals surface area contributed by atoms with Crippen LogP contribution in [0.5, 0.6) is 5.75 Å². The summed E-state index contributed by atoms with van der Waals surface area (Å²) in [5.41, 5.74) is 4.40. The van der Waals surface area contributed by atoms with E-state index < -0.39 is 0 Å². The first-order valence-corrected chi connectivity index (χ1v) is 9.47. The second kappa shape index (κ2) is 6.84. The molecule has 0 saturated heterocycles. The van der Waals surface area contributed by atoms with Crippen LogP contribution in [-0.2, 0) is 18.4 Å². The van der Waals surface area contributed by atoms with Crippen LogP contribution in [-0.4, -0.2) is 16.7 Å². The smallest absolute Gasteiger partial charge is 0.123 e. The Balaban J connectivity index is 1.82. The van der Waals surface area contributed by atoms with Gasteiger partial charge in [-0.3, -0.25) is 0 Å². The van der Waals surface area contributed by atoms with Gasteiger partial charge in [0.2, 0.25) is 0 Å². The Hall–Kier alpha value is -2.62. The number of hydrogen-bond donors (Lipinski definition) is 0. The van der Waals surface area contributed by atoms with Gasteiger partial charge in [-0.1, -0.05) is 26.0 Å². The second-order valence-corrected chi connectivity index (χ2v) is 7.90. The third kappa shape index (κ3) is 3.36. The minimum absolute atomic E-state index is 0.0468. The number of fused-ring (bicyclic) bond motifs is 1. The van der Waals surface area contributed by atoms with E-state index in [0.29, 0.717) is 0 Å². The van der Waals surface area contributed by atoms with Gasteiger partial charge in [0, 0.05) is 29.6 Å². The summed E-state index contributed by atoms with van der Waals surface area (Å²) < 4.78 is 21.1. The molecule has 3 nitrogen and oxygen atoms in total. The molecule has 0 radical (unpaired) electrons. The highest BCUT2D eigenvalue weighted by Crippen LogP contribution is 2.37. The lowest BCUT2D eigenvalue weighted by Crippen LogP contribution is -2.29. The lowest BCUT2D eigenvalue weighted by Gasteiger charge is -2.30. The molecule has 0 fully saturated rings. The number of methoxy groups -OCH3 is 1. The molecule has 1 aromatic heterocycles. The van der Waals surface area contributed by atoms with Crippen molar-refractivity contribution in [2.24, 2.45) is 0 Å². The van der Waals surface area contributed by atoms with Gasteiger partial charge in [-0.05, 0) is 54.8 Å². The van der Waals surface area contributed by atoms with Crippen LogP contribution in [0, 0.1) is 5.82 Å². The highest BCUT2D eigenvalue weighted by molar-refractivity contribution is 5.63. The number of hydrogen-bond acceptors (Lipinski definition) is 2. The van der Waals surface area contributed by atoms with Gasteiger partial charge in [0.05, 0.1) is 12.8 Å². The minimum Gasteiger partial charge on any atom is -0.497 e. The van der Waals surface area contributed by atoms with E-state index in [0.717, 1.165) is 48.6 Å². The summed E-state index contributed by atoms with van der Waals surface area (Å²) >= 11 is 0. The zero-order valence-corrected chi connectivity index (χ0v) is 16.1. The van der Waals surface area contributed by atoms with Crippen molar-refractivity contribution in [1.82, 2.24) is 9.55 Å². The Labute approximate surface area is 159 Å². The average molecular weight is 364 g/mol. The van der Waals surface area contributed by atoms with Crippen LogP contribution >= 0.6 is 0 Å². The van der Waals surface area contributed by atoms with Crippen molar-refractivity contribution in [2.45, 2.75) is 45.1 Å². The van der Waals surface area contributed by atoms with Crippen molar-refractivity contribution < 1.29 is 9.13 Å². The van der Waals surface area contributed by atoms with Gasteiger partial charge in [0.1, 0.15) is 17.4 Å². The summed E-state index contributed by atoms with van der Waals surface area (Å²) in [5.74, 6) is 1.77. The third-order valence-electron chi connectivity index (χ3n) is 5.51. The Morgan fingerprint density at radius 2 is 1.78 bits per heavy atom. The van der Waals surface area contributed by atoms with Crippen molar-refractivity contribution in [3.8, 4) is 17.0 Å². The van der Waals surface area contributed by atoms with Gasteiger partial charge in [-0.15, -0.1) is 0 Å². The largest absolute Gasteiger partial charge is 0.497 e. The van der Waals surface area contributed by atoms with Gasteiger partial charge in [-0.2, -0.15) is 0 Å². The predicted molar refractivity (Wildman–Crippen MR) is 106 cm³/mol. The number of imidazole rings is 1. The van der Waals surface area contributed by atoms with Crippen LogP contribution in [0.1, 0.15) is 43.8 Å². The van der Waals surface area contributed by atoms with Crippen LogP contribution in [0.25, 0.3) is 11.3 Å². The van der Waals surface area contributed by atoms with E-state index in [1.54, 1.807) is 7.11 Å². The highest BCUT2D eigenvalue weighted by Gasteiger charge is 2.33. The van der Waals surface area contributed by atoms with E-state index in [1.807, 2.05) is 24.3 Å². The molecule has 2 aromatic carbocycles. The molecule has 27 heavy (non-hydrogen) atoms. The van der Waals surface area contributed by atoms with E-state index in [9.17, 15) is 4.39 Å². The summed E-state index contributed by atoms with van der Waals surface area (Å²) in [4.78, 5) is 5.05. The van der Waals surface area contributed by atoms with Crippen molar-refractivity contribution in [3.05, 3.63) is 71.4 Å². The van der Waals surface area contributed by atoms with E-state index in [-0.39, 0.29) is 11.2 Å². The Kier molecular flexibility index (Phi) is 4.50. The normalized spacial score (nSPS) is 15.4. The Morgan fingerprint density at radius 3 is 2.44 bits per heavy atom. The van der Waals surface area contributed by atoms with E-state index >= 15 is 0 Å². The standard InChI is InChI=1S/C23H25FN2O/c1-23(2)13-4-14-26-20(15-16-5-11-19(27-3)12-6-16)21(25-22(23)26)17-7-9-18(24)10-8-17/h5-12H,4,13-15H2,1-3H3. The van der Waals surface area contributed by atoms with Crippen LogP contribution < -0.4 is 4.74 Å². The molecule has 1 aliphatic heterocycles. The molecule has 0 bridgehead atoms. The van der Waals surface area contributed by atoms with Crippen LogP contribution in [0.3, 0.4) is 0 Å². The van der Waals surface area contributed by atoms with Crippen molar-refractivity contribution >= 4 is 0 Å². The fourth-order valence-corrected chi connectivity index (χ4v) is 3.99. The number of halogens is 1. The fourth-order valence-electron chi connectivity index (χ4n) is 3.99. The molecule has 4 heteroatoms. The lowest BCUT2D eigenvalue weighted by atomic mass is 9.84. The maximum absolute atomic E-state index is 13.4. The molecule has 4 rings (SSSR count). The number of rotatable bonds is 4. The number of aromatic nitrogens is 2. The zero-order valence-electron chi connectivity index (χ0n) is 16.1. The molecule has 3 aromatic rings. The van der Waals surface area contributed by atoms with Crippen molar-refractivity contribution in [2.75, 3.05) is 7.11 Å². The van der Waals surface area contributed by atoms with Crippen molar-refractivity contribution in [3.63, 3.8) is 0 Å². The quantitative estimate of drug-likeness (QED) is 0.623. The summed E-state index contributed by atoms with van der Waals surface area (Å²) in [6, 6.07) is 14.9. The van der Waals surface area contributed by atoms with Gasteiger partial charge in [-0.25, -0.2) is 9.37 Å². The molecule has 2 heterocycles. The maximum atomic E-state index is 13.4. The SMILES string of the molecule is COc1ccc(Cc2c(-c3ccc(F)cc3)nc3n2CCCC3(C)C)cc1. The van der Waals surface area contributed by atoms with Gasteiger partial charge in [0.25, 0.3) is 0 Å². The molecular formula is C23H25FN2O. The molecule has 1 aliphatic rings. The first-order chi connectivity index (χ1) is 13.0. The molecule has 0 amide bonds. The van der Waals surface area contributed by atoms with Crippen molar-refractivity contribution in [1.29, 1.82) is 0 Å². The van der Waals surface area contributed by atoms with E-state index in [2.05, 4.69) is 30.5 Å². The van der Waals surface area contributed by atoms with Crippen LogP contribution in [0.2, 0.25) is 0 Å². The number of nitrogens with zero attached hydrogens (tertiary/aromatic N) is 2.